The van der Waals surface area contributed by atoms with Crippen LogP contribution >= 0.6 is 63.7 Å². The van der Waals surface area contributed by atoms with Crippen molar-refractivity contribution in [3.05, 3.63) is 29.5 Å². The Labute approximate surface area is 104 Å². The maximum Gasteiger partial charge on any atom is 0.100 e. The largest absolute Gasteiger partial charge is 0.192 e. The van der Waals surface area contributed by atoms with Crippen LogP contribution in [0.5, 0.6) is 0 Å². The third kappa shape index (κ3) is 1.92. The van der Waals surface area contributed by atoms with Gasteiger partial charge in [0.1, 0.15) is 6.07 Å². The number of benzene rings is 1. The smallest absolute Gasteiger partial charge is 0.100 e. The van der Waals surface area contributed by atoms with E-state index in [2.05, 4.69) is 69.8 Å². The minimum Gasteiger partial charge on any atom is -0.192 e. The van der Waals surface area contributed by atoms with Gasteiger partial charge in [-0.05, 0) is 69.8 Å². The Morgan fingerprint density at radius 2 is 1.58 bits per heavy atom. The quantitative estimate of drug-likeness (QED) is 0.446. The highest BCUT2D eigenvalue weighted by atomic mass is 79.9. The minimum absolute atomic E-state index is 0.594. The van der Waals surface area contributed by atoms with Crippen LogP contribution < -0.4 is 0 Å². The molecule has 12 heavy (non-hydrogen) atoms. The zero-order chi connectivity index (χ0) is 9.30. The maximum atomic E-state index is 8.72. The molecule has 0 aliphatic heterocycles. The Bertz CT molecular complexity index is 367. The highest BCUT2D eigenvalue weighted by Crippen LogP contribution is 2.38. The van der Waals surface area contributed by atoms with E-state index in [1.165, 1.54) is 0 Å². The second kappa shape index (κ2) is 4.23. The molecule has 62 valence electrons. The molecule has 0 N–H and O–H groups in total. The zero-order valence-electron chi connectivity index (χ0n) is 5.54. The Kier molecular flexibility index (Phi) is 3.77. The first-order valence-corrected chi connectivity index (χ1v) is 5.98. The Morgan fingerprint density at radius 1 is 1.00 bits per heavy atom. The summed E-state index contributed by atoms with van der Waals surface area (Å²) in [5, 5.41) is 8.72. The van der Waals surface area contributed by atoms with E-state index in [4.69, 9.17) is 5.26 Å². The summed E-state index contributed by atoms with van der Waals surface area (Å²) in [5.74, 6) is 0. The molecule has 0 unspecified atom stereocenters. The molecule has 1 nitrogen and oxygen atoms in total. The molecule has 0 aromatic heterocycles. The maximum absolute atomic E-state index is 8.72. The van der Waals surface area contributed by atoms with Crippen LogP contribution in [0.25, 0.3) is 0 Å². The minimum atomic E-state index is 0.594. The Morgan fingerprint density at radius 3 is 2.08 bits per heavy atom. The van der Waals surface area contributed by atoms with Gasteiger partial charge in [0.15, 0.2) is 0 Å². The predicted octanol–water partition coefficient (Wildman–Crippen LogP) is 4.61. The van der Waals surface area contributed by atoms with Crippen LogP contribution in [-0.2, 0) is 0 Å². The van der Waals surface area contributed by atoms with Gasteiger partial charge in [-0.1, -0.05) is 0 Å². The molecular weight excluding hydrogens is 418 g/mol. The van der Waals surface area contributed by atoms with E-state index in [0.717, 1.165) is 17.9 Å². The normalized spacial score (nSPS) is 9.58. The molecule has 1 aromatic carbocycles. The van der Waals surface area contributed by atoms with E-state index >= 15 is 0 Å². The lowest BCUT2D eigenvalue weighted by Crippen LogP contribution is -1.82. The second-order valence-electron chi connectivity index (χ2n) is 1.96. The van der Waals surface area contributed by atoms with Crippen LogP contribution in [0.1, 0.15) is 5.56 Å². The van der Waals surface area contributed by atoms with Gasteiger partial charge >= 0.3 is 0 Å². The lowest BCUT2D eigenvalue weighted by atomic mass is 10.2. The predicted molar refractivity (Wildman–Crippen MR) is 62.0 cm³/mol. The lowest BCUT2D eigenvalue weighted by molar-refractivity contribution is 1.41. The van der Waals surface area contributed by atoms with Crippen molar-refractivity contribution < 1.29 is 0 Å². The van der Waals surface area contributed by atoms with Crippen molar-refractivity contribution in [3.63, 3.8) is 0 Å². The van der Waals surface area contributed by atoms with Crippen LogP contribution in [0, 0.1) is 11.3 Å². The topological polar surface area (TPSA) is 23.8 Å². The third-order valence-corrected chi connectivity index (χ3v) is 5.89. The van der Waals surface area contributed by atoms with E-state index in [1.807, 2.05) is 0 Å². The van der Waals surface area contributed by atoms with Crippen molar-refractivity contribution in [2.75, 3.05) is 0 Å². The van der Waals surface area contributed by atoms with Crippen molar-refractivity contribution in [2.45, 2.75) is 0 Å². The first-order valence-electron chi connectivity index (χ1n) is 2.81. The summed E-state index contributed by atoms with van der Waals surface area (Å²) < 4.78 is 3.36. The summed E-state index contributed by atoms with van der Waals surface area (Å²) in [5.41, 5.74) is 0.594. The molecule has 0 spiro atoms. The standard InChI is InChI=1S/C7HBr4N/c8-4-1-3(2-12)5(9)7(11)6(4)10/h1H. The molecule has 0 bridgehead atoms. The molecule has 0 aliphatic carbocycles. The molecule has 0 saturated heterocycles. The van der Waals surface area contributed by atoms with Crippen molar-refractivity contribution in [1.82, 2.24) is 0 Å². The number of hydrogen-bond donors (Lipinski definition) is 0. The van der Waals surface area contributed by atoms with Crippen LogP contribution in [0.4, 0.5) is 0 Å². The number of rotatable bonds is 0. The van der Waals surface area contributed by atoms with Crippen LogP contribution in [-0.4, -0.2) is 0 Å². The van der Waals surface area contributed by atoms with Gasteiger partial charge in [0.25, 0.3) is 0 Å². The van der Waals surface area contributed by atoms with E-state index in [-0.39, 0.29) is 0 Å². The van der Waals surface area contributed by atoms with E-state index in [0.29, 0.717) is 5.56 Å². The van der Waals surface area contributed by atoms with Gasteiger partial charge in [0, 0.05) is 13.4 Å². The van der Waals surface area contributed by atoms with Crippen LogP contribution in [0.15, 0.2) is 24.0 Å². The fourth-order valence-electron chi connectivity index (χ4n) is 0.654. The number of hydrogen-bond acceptors (Lipinski definition) is 1. The van der Waals surface area contributed by atoms with Crippen molar-refractivity contribution in [2.24, 2.45) is 0 Å². The summed E-state index contributed by atoms with van der Waals surface area (Å²) in [7, 11) is 0. The first-order chi connectivity index (χ1) is 5.57. The fraction of sp³-hybridized carbons (Fsp3) is 0. The molecule has 1 rings (SSSR count). The van der Waals surface area contributed by atoms with Gasteiger partial charge in [0.05, 0.1) is 10.0 Å². The average molecular weight is 419 g/mol. The van der Waals surface area contributed by atoms with Crippen LogP contribution in [0.3, 0.4) is 0 Å². The third-order valence-electron chi connectivity index (χ3n) is 1.22. The summed E-state index contributed by atoms with van der Waals surface area (Å²) >= 11 is 13.3. The monoisotopic (exact) mass is 415 g/mol. The first kappa shape index (κ1) is 10.7. The van der Waals surface area contributed by atoms with Crippen molar-refractivity contribution in [1.29, 1.82) is 5.26 Å². The number of nitriles is 1. The van der Waals surface area contributed by atoms with E-state index < -0.39 is 0 Å². The van der Waals surface area contributed by atoms with Crippen molar-refractivity contribution in [3.8, 4) is 6.07 Å². The van der Waals surface area contributed by atoms with Gasteiger partial charge in [0.2, 0.25) is 0 Å². The van der Waals surface area contributed by atoms with Gasteiger partial charge in [-0.25, -0.2) is 0 Å². The molecule has 0 fully saturated rings. The number of nitrogens with zero attached hydrogens (tertiary/aromatic N) is 1. The van der Waals surface area contributed by atoms with E-state index in [1.54, 1.807) is 6.07 Å². The summed E-state index contributed by atoms with van der Waals surface area (Å²) in [6.07, 6.45) is 0. The average Bonchev–Trinajstić information content (AvgIpc) is 2.08. The second-order valence-corrected chi connectivity index (χ2v) is 5.19. The molecule has 0 aliphatic rings. The van der Waals surface area contributed by atoms with Crippen LogP contribution in [0.2, 0.25) is 0 Å². The lowest BCUT2D eigenvalue weighted by Gasteiger charge is -2.03. The fourth-order valence-corrected chi connectivity index (χ4v) is 2.75. The van der Waals surface area contributed by atoms with Gasteiger partial charge in [-0.2, -0.15) is 5.26 Å². The van der Waals surface area contributed by atoms with Crippen molar-refractivity contribution >= 4 is 63.7 Å². The van der Waals surface area contributed by atoms with Gasteiger partial charge in [-0.3, -0.25) is 0 Å². The molecular formula is C7HBr4N. The number of halogens is 4. The molecule has 0 atom stereocenters. The van der Waals surface area contributed by atoms with E-state index in [9.17, 15) is 0 Å². The van der Waals surface area contributed by atoms with Gasteiger partial charge in [-0.15, -0.1) is 0 Å². The highest BCUT2D eigenvalue weighted by molar-refractivity contribution is 9.15. The zero-order valence-corrected chi connectivity index (χ0v) is 11.9. The molecule has 1 aromatic rings. The summed E-state index contributed by atoms with van der Waals surface area (Å²) in [6.45, 7) is 0. The molecule has 0 heterocycles. The highest BCUT2D eigenvalue weighted by Gasteiger charge is 2.10. The Balaban J connectivity index is 3.52. The molecule has 0 amide bonds. The Hall–Kier alpha value is 0.630. The molecule has 0 saturated carbocycles. The summed E-state index contributed by atoms with van der Waals surface area (Å²) in [4.78, 5) is 0. The summed E-state index contributed by atoms with van der Waals surface area (Å²) in [6, 6.07) is 3.83. The van der Waals surface area contributed by atoms with Gasteiger partial charge < -0.3 is 0 Å². The SMILES string of the molecule is N#Cc1cc(Br)c(Br)c(Br)c1Br. The molecule has 5 heteroatoms. The molecule has 0 radical (unpaired) electrons.